The minimum atomic E-state index is 0.807. The summed E-state index contributed by atoms with van der Waals surface area (Å²) < 4.78 is 24.2. The molecular formula is C81H150NO4+. The Balaban J connectivity index is 1.25. The lowest BCUT2D eigenvalue weighted by atomic mass is 10.0. The predicted molar refractivity (Wildman–Crippen MR) is 380 cm³/mol. The van der Waals surface area contributed by atoms with Gasteiger partial charge in [-0.3, -0.25) is 4.90 Å². The molecule has 0 atom stereocenters. The first kappa shape index (κ1) is 80.0. The topological polar surface area (TPSA) is 41.4 Å². The summed E-state index contributed by atoms with van der Waals surface area (Å²) in [5.74, 6) is 1.95. The molecule has 0 saturated heterocycles. The summed E-state index contributed by atoms with van der Waals surface area (Å²) in [7, 11) is 2.21. The maximum Gasteiger partial charge on any atom is 0.136 e. The van der Waals surface area contributed by atoms with E-state index in [1.807, 2.05) is 0 Å². The molecule has 0 saturated carbocycles. The van der Waals surface area contributed by atoms with Crippen LogP contribution in [-0.2, 0) is 9.47 Å². The van der Waals surface area contributed by atoms with Crippen molar-refractivity contribution in [3.05, 3.63) is 48.5 Å². The van der Waals surface area contributed by atoms with Crippen molar-refractivity contribution in [3.8, 4) is 11.5 Å². The molecule has 0 heterocycles. The molecule has 502 valence electrons. The summed E-state index contributed by atoms with van der Waals surface area (Å²) in [4.78, 5) is 1.28. The van der Waals surface area contributed by atoms with Crippen LogP contribution in [-0.4, -0.2) is 46.7 Å². The van der Waals surface area contributed by atoms with Crippen LogP contribution < -0.4 is 14.4 Å². The lowest BCUT2D eigenvalue weighted by Gasteiger charge is -2.14. The molecule has 0 fully saturated rings. The van der Waals surface area contributed by atoms with E-state index in [9.17, 15) is 0 Å². The van der Waals surface area contributed by atoms with Crippen molar-refractivity contribution in [3.63, 3.8) is 0 Å². The van der Waals surface area contributed by atoms with Gasteiger partial charge in [-0.25, -0.2) is 0 Å². The zero-order valence-electron chi connectivity index (χ0n) is 58.4. The largest absolute Gasteiger partial charge is 0.494 e. The Kier molecular flexibility index (Phi) is 62.6. The van der Waals surface area contributed by atoms with Gasteiger partial charge in [-0.15, -0.1) is 0 Å². The van der Waals surface area contributed by atoms with Crippen molar-refractivity contribution < 1.29 is 23.8 Å². The first-order valence-corrected chi connectivity index (χ1v) is 39.2. The average Bonchev–Trinajstić information content (AvgIpc) is 3.73. The van der Waals surface area contributed by atoms with Crippen LogP contribution in [0.5, 0.6) is 11.5 Å². The summed E-state index contributed by atoms with van der Waals surface area (Å²) in [5.41, 5.74) is 2.48. The second-order valence-electron chi connectivity index (χ2n) is 27.1. The molecule has 0 aliphatic heterocycles. The van der Waals surface area contributed by atoms with Gasteiger partial charge in [0, 0.05) is 50.7 Å². The Labute approximate surface area is 538 Å². The van der Waals surface area contributed by atoms with Crippen LogP contribution in [0.15, 0.2) is 48.5 Å². The molecule has 0 aliphatic rings. The van der Waals surface area contributed by atoms with Gasteiger partial charge in [-0.1, -0.05) is 361 Å². The van der Waals surface area contributed by atoms with E-state index in [2.05, 4.69) is 69.4 Å². The molecular weight excluding hydrogens is 1050 g/mol. The molecule has 2 aromatic rings. The fourth-order valence-corrected chi connectivity index (χ4v) is 12.7. The number of nitrogens with one attached hydrogen (secondary N) is 1. The monoisotopic (exact) mass is 1200 g/mol. The quantitative estimate of drug-likeness (QED) is 0.0670. The van der Waals surface area contributed by atoms with E-state index < -0.39 is 0 Å². The highest BCUT2D eigenvalue weighted by molar-refractivity contribution is 5.42. The zero-order chi connectivity index (χ0) is 61.0. The van der Waals surface area contributed by atoms with Gasteiger partial charge in [0.15, 0.2) is 0 Å². The van der Waals surface area contributed by atoms with Gasteiger partial charge in [0.25, 0.3) is 0 Å². The molecule has 0 amide bonds. The third kappa shape index (κ3) is 55.9. The number of hydrogen-bond acceptors (Lipinski definition) is 4. The van der Waals surface area contributed by atoms with Gasteiger partial charge in [0.1, 0.15) is 22.9 Å². The average molecular weight is 1200 g/mol. The van der Waals surface area contributed by atoms with Crippen LogP contribution in [0.3, 0.4) is 0 Å². The van der Waals surface area contributed by atoms with Crippen molar-refractivity contribution in [2.24, 2.45) is 0 Å². The van der Waals surface area contributed by atoms with Crippen LogP contribution in [0, 0.1) is 0 Å². The minimum Gasteiger partial charge on any atom is -0.494 e. The van der Waals surface area contributed by atoms with Gasteiger partial charge < -0.3 is 18.9 Å². The Bertz CT molecular complexity index is 1450. The summed E-state index contributed by atoms with van der Waals surface area (Å²) in [6.45, 7) is 10.1. The van der Waals surface area contributed by atoms with Crippen LogP contribution in [0.2, 0.25) is 0 Å². The molecule has 0 unspecified atom stereocenters. The van der Waals surface area contributed by atoms with E-state index in [0.717, 1.165) is 64.0 Å². The van der Waals surface area contributed by atoms with Crippen molar-refractivity contribution in [2.45, 2.75) is 399 Å². The molecule has 0 aromatic heterocycles. The molecule has 86 heavy (non-hydrogen) atoms. The zero-order valence-corrected chi connectivity index (χ0v) is 58.4. The van der Waals surface area contributed by atoms with Gasteiger partial charge >= 0.3 is 0 Å². The third-order valence-electron chi connectivity index (χ3n) is 18.8. The molecule has 5 heteroatoms. The number of ether oxygens (including phenoxy) is 4. The van der Waals surface area contributed by atoms with Crippen molar-refractivity contribution >= 4 is 11.4 Å². The number of benzene rings is 2. The first-order valence-electron chi connectivity index (χ1n) is 39.2. The number of unbranched alkanes of at least 4 members (excludes halogenated alkanes) is 56. The lowest BCUT2D eigenvalue weighted by Crippen LogP contribution is -2.98. The third-order valence-corrected chi connectivity index (χ3v) is 18.8. The van der Waals surface area contributed by atoms with E-state index in [-0.39, 0.29) is 0 Å². The normalized spacial score (nSPS) is 11.7. The smallest absolute Gasteiger partial charge is 0.136 e. The molecule has 5 nitrogen and oxygen atoms in total. The highest BCUT2D eigenvalue weighted by Gasteiger charge is 2.11. The van der Waals surface area contributed by atoms with Gasteiger partial charge in [-0.05, 0) is 62.8 Å². The summed E-state index contributed by atoms with van der Waals surface area (Å²) in [6, 6.07) is 17.3. The number of quaternary nitrogens is 1. The highest BCUT2D eigenvalue weighted by atomic mass is 16.5. The van der Waals surface area contributed by atoms with Crippen molar-refractivity contribution in [1.82, 2.24) is 0 Å². The summed E-state index contributed by atoms with van der Waals surface area (Å²) in [5, 5.41) is 0. The molecule has 0 spiro atoms. The van der Waals surface area contributed by atoms with Gasteiger partial charge in [-0.2, -0.15) is 0 Å². The molecule has 0 radical (unpaired) electrons. The SMILES string of the molecule is CCCCCCCCCCCCCCCCCCCCCCOCCCCCCCCCCCCOc1ccc([NH+](C)c2ccc(OCCCCCCCCCCCCOCCCCCCCCCCCCCCCCCCCCCC)cc2)cc1. The fourth-order valence-electron chi connectivity index (χ4n) is 12.7. The van der Waals surface area contributed by atoms with Crippen LogP contribution in [0.25, 0.3) is 0 Å². The van der Waals surface area contributed by atoms with Crippen LogP contribution in [0.4, 0.5) is 11.4 Å². The second kappa shape index (κ2) is 67.3. The molecule has 0 bridgehead atoms. The molecule has 0 aliphatic carbocycles. The maximum absolute atomic E-state index is 6.13. The second-order valence-corrected chi connectivity index (χ2v) is 27.1. The lowest BCUT2D eigenvalue weighted by molar-refractivity contribution is -0.735. The Morgan fingerprint density at radius 3 is 0.523 bits per heavy atom. The van der Waals surface area contributed by atoms with Crippen molar-refractivity contribution in [2.75, 3.05) is 46.7 Å². The van der Waals surface area contributed by atoms with E-state index in [1.54, 1.807) is 0 Å². The number of rotatable bonds is 72. The summed E-state index contributed by atoms with van der Waals surface area (Å²) in [6.07, 6.45) is 83.8. The van der Waals surface area contributed by atoms with Gasteiger partial charge in [0.2, 0.25) is 0 Å². The Morgan fingerprint density at radius 1 is 0.198 bits per heavy atom. The van der Waals surface area contributed by atoms with E-state index in [4.69, 9.17) is 18.9 Å². The first-order chi connectivity index (χ1) is 42.7. The minimum absolute atomic E-state index is 0.807. The maximum atomic E-state index is 6.13. The Hall–Kier alpha value is -2.08. The number of hydrogen-bond donors (Lipinski definition) is 1. The van der Waals surface area contributed by atoms with E-state index >= 15 is 0 Å². The van der Waals surface area contributed by atoms with E-state index in [0.29, 0.717) is 0 Å². The fraction of sp³-hybridized carbons (Fsp3) is 0.852. The Morgan fingerprint density at radius 2 is 0.349 bits per heavy atom. The van der Waals surface area contributed by atoms with Crippen molar-refractivity contribution in [1.29, 1.82) is 0 Å². The standard InChI is InChI=1S/C81H149NO4/c1-4-6-8-10-12-14-16-18-20-22-24-26-28-30-32-34-40-46-52-58-72-83-74-60-54-48-42-36-38-44-50-56-62-76-85-80-68-64-78(65-69-80)82(3)79-66-70-81(71-67-79)86-77-63-57-51-45-39-37-43-49-55-61-75-84-73-59-53-47-41-35-33-31-29-27-25-23-21-19-17-15-13-11-9-7-5-2/h64-71H,4-63,72-77H2,1-3H3/p+1. The molecule has 2 aromatic carbocycles. The highest BCUT2D eigenvalue weighted by Crippen LogP contribution is 2.21. The molecule has 1 N–H and O–H groups in total. The van der Waals surface area contributed by atoms with Crippen LogP contribution >= 0.6 is 0 Å². The predicted octanol–water partition coefficient (Wildman–Crippen LogP) is 26.4. The summed E-state index contributed by atoms with van der Waals surface area (Å²) >= 11 is 0. The van der Waals surface area contributed by atoms with Gasteiger partial charge in [0.05, 0.1) is 20.3 Å². The van der Waals surface area contributed by atoms with E-state index in [1.165, 1.54) is 389 Å². The molecule has 2 rings (SSSR count). The van der Waals surface area contributed by atoms with Crippen LogP contribution in [0.1, 0.15) is 399 Å².